The quantitative estimate of drug-likeness (QED) is 0.905. The highest BCUT2D eigenvalue weighted by atomic mass is 16.5. The van der Waals surface area contributed by atoms with Crippen LogP contribution in [0.5, 0.6) is 5.88 Å². The minimum atomic E-state index is 0.260. The summed E-state index contributed by atoms with van der Waals surface area (Å²) in [6, 6.07) is 4.83. The van der Waals surface area contributed by atoms with E-state index in [9.17, 15) is 0 Å². The summed E-state index contributed by atoms with van der Waals surface area (Å²) in [6.07, 6.45) is 4.46. The second-order valence-corrected chi connectivity index (χ2v) is 5.48. The van der Waals surface area contributed by atoms with Crippen LogP contribution >= 0.6 is 0 Å². The van der Waals surface area contributed by atoms with Crippen molar-refractivity contribution in [2.75, 3.05) is 20.2 Å². The van der Waals surface area contributed by atoms with Crippen molar-refractivity contribution in [1.82, 2.24) is 9.88 Å². The van der Waals surface area contributed by atoms with E-state index in [0.717, 1.165) is 12.5 Å². The van der Waals surface area contributed by atoms with Gasteiger partial charge in [0.2, 0.25) is 5.88 Å². The number of piperidine rings is 1. The smallest absolute Gasteiger partial charge is 0.212 e. The van der Waals surface area contributed by atoms with Crippen LogP contribution in [0.3, 0.4) is 0 Å². The lowest BCUT2D eigenvalue weighted by molar-refractivity contribution is 0.0708. The van der Waals surface area contributed by atoms with E-state index < -0.39 is 0 Å². The van der Waals surface area contributed by atoms with Gasteiger partial charge in [0.25, 0.3) is 0 Å². The van der Waals surface area contributed by atoms with Crippen molar-refractivity contribution in [2.45, 2.75) is 38.8 Å². The van der Waals surface area contributed by atoms with Crippen molar-refractivity contribution in [3.05, 3.63) is 23.9 Å². The van der Waals surface area contributed by atoms with Gasteiger partial charge in [-0.05, 0) is 37.8 Å². The first-order chi connectivity index (χ1) is 9.17. The lowest BCUT2D eigenvalue weighted by atomic mass is 9.89. The molecule has 0 radical (unpaired) electrons. The van der Waals surface area contributed by atoms with Crippen LogP contribution in [0.1, 0.15) is 38.3 Å². The Hall–Kier alpha value is -1.13. The molecule has 0 saturated carbocycles. The maximum Gasteiger partial charge on any atom is 0.212 e. The number of ether oxygens (including phenoxy) is 1. The summed E-state index contributed by atoms with van der Waals surface area (Å²) >= 11 is 0. The number of pyridine rings is 1. The van der Waals surface area contributed by atoms with Crippen LogP contribution in [-0.4, -0.2) is 36.1 Å². The summed E-state index contributed by atoms with van der Waals surface area (Å²) < 4.78 is 5.11. The summed E-state index contributed by atoms with van der Waals surface area (Å²) in [4.78, 5) is 6.83. The van der Waals surface area contributed by atoms with Crippen LogP contribution in [-0.2, 0) is 0 Å². The highest BCUT2D eigenvalue weighted by molar-refractivity contribution is 5.21. The zero-order valence-corrected chi connectivity index (χ0v) is 12.2. The van der Waals surface area contributed by atoms with E-state index in [1.54, 1.807) is 7.11 Å². The van der Waals surface area contributed by atoms with Crippen LogP contribution in [0.2, 0.25) is 0 Å². The monoisotopic (exact) mass is 263 g/mol. The molecular formula is C15H25N3O. The number of hydrogen-bond acceptors (Lipinski definition) is 4. The van der Waals surface area contributed by atoms with E-state index in [-0.39, 0.29) is 6.04 Å². The number of likely N-dealkylation sites (tertiary alicyclic amines) is 1. The molecule has 0 aromatic carbocycles. The Morgan fingerprint density at radius 2 is 2.26 bits per heavy atom. The first-order valence-corrected chi connectivity index (χ1v) is 7.13. The van der Waals surface area contributed by atoms with Gasteiger partial charge in [0.15, 0.2) is 0 Å². The lowest BCUT2D eigenvalue weighted by Crippen LogP contribution is -2.46. The SMILES string of the molecule is COc1ccc(C(CN)N2CCCC(C)C2C)cn1. The first kappa shape index (κ1) is 14.3. The van der Waals surface area contributed by atoms with Gasteiger partial charge in [-0.1, -0.05) is 13.0 Å². The van der Waals surface area contributed by atoms with Gasteiger partial charge >= 0.3 is 0 Å². The summed E-state index contributed by atoms with van der Waals surface area (Å²) in [6.45, 7) is 6.39. The van der Waals surface area contributed by atoms with E-state index in [1.807, 2.05) is 12.3 Å². The molecule has 1 fully saturated rings. The average molecular weight is 263 g/mol. The number of aromatic nitrogens is 1. The van der Waals surface area contributed by atoms with Gasteiger partial charge in [-0.3, -0.25) is 4.90 Å². The molecule has 2 rings (SSSR count). The fourth-order valence-electron chi connectivity index (χ4n) is 2.98. The zero-order valence-electron chi connectivity index (χ0n) is 12.2. The van der Waals surface area contributed by atoms with Crippen LogP contribution in [0.15, 0.2) is 18.3 Å². The highest BCUT2D eigenvalue weighted by Crippen LogP contribution is 2.31. The summed E-state index contributed by atoms with van der Waals surface area (Å²) in [5.41, 5.74) is 7.20. The van der Waals surface area contributed by atoms with E-state index in [4.69, 9.17) is 10.5 Å². The topological polar surface area (TPSA) is 51.4 Å². The van der Waals surface area contributed by atoms with Crippen molar-refractivity contribution in [3.8, 4) is 5.88 Å². The Bertz CT molecular complexity index is 393. The molecule has 2 N–H and O–H groups in total. The fraction of sp³-hybridized carbons (Fsp3) is 0.667. The molecular weight excluding hydrogens is 238 g/mol. The van der Waals surface area contributed by atoms with E-state index in [0.29, 0.717) is 18.5 Å². The molecule has 3 atom stereocenters. The van der Waals surface area contributed by atoms with Gasteiger partial charge in [-0.15, -0.1) is 0 Å². The molecule has 0 bridgehead atoms. The lowest BCUT2D eigenvalue weighted by Gasteiger charge is -2.42. The summed E-state index contributed by atoms with van der Waals surface area (Å²) in [5, 5.41) is 0. The Kier molecular flexibility index (Phi) is 4.77. The van der Waals surface area contributed by atoms with Crippen LogP contribution < -0.4 is 10.5 Å². The third-order valence-corrected chi connectivity index (χ3v) is 4.40. The van der Waals surface area contributed by atoms with Gasteiger partial charge in [0, 0.05) is 30.9 Å². The maximum absolute atomic E-state index is 6.01. The van der Waals surface area contributed by atoms with Gasteiger partial charge in [0.1, 0.15) is 0 Å². The zero-order chi connectivity index (χ0) is 13.8. The van der Waals surface area contributed by atoms with Crippen molar-refractivity contribution in [2.24, 2.45) is 11.7 Å². The van der Waals surface area contributed by atoms with Crippen LogP contribution in [0, 0.1) is 5.92 Å². The van der Waals surface area contributed by atoms with Crippen molar-refractivity contribution >= 4 is 0 Å². The number of methoxy groups -OCH3 is 1. The predicted octanol–water partition coefficient (Wildman–Crippen LogP) is 2.21. The number of nitrogens with zero attached hydrogens (tertiary/aromatic N) is 2. The van der Waals surface area contributed by atoms with Crippen LogP contribution in [0.25, 0.3) is 0 Å². The predicted molar refractivity (Wildman–Crippen MR) is 77.2 cm³/mol. The molecule has 1 aliphatic heterocycles. The van der Waals surface area contributed by atoms with Gasteiger partial charge in [0.05, 0.1) is 7.11 Å². The molecule has 2 heterocycles. The van der Waals surface area contributed by atoms with Gasteiger partial charge in [-0.25, -0.2) is 4.98 Å². The largest absolute Gasteiger partial charge is 0.481 e. The van der Waals surface area contributed by atoms with Gasteiger partial charge in [-0.2, -0.15) is 0 Å². The molecule has 1 saturated heterocycles. The second-order valence-electron chi connectivity index (χ2n) is 5.48. The van der Waals surface area contributed by atoms with E-state index >= 15 is 0 Å². The highest BCUT2D eigenvalue weighted by Gasteiger charge is 2.30. The summed E-state index contributed by atoms with van der Waals surface area (Å²) in [5.74, 6) is 1.38. The molecule has 0 amide bonds. The molecule has 3 unspecified atom stereocenters. The molecule has 0 spiro atoms. The van der Waals surface area contributed by atoms with Gasteiger partial charge < -0.3 is 10.5 Å². The molecule has 4 heteroatoms. The Labute approximate surface area is 116 Å². The van der Waals surface area contributed by atoms with E-state index in [1.165, 1.54) is 18.4 Å². The molecule has 19 heavy (non-hydrogen) atoms. The molecule has 1 aliphatic rings. The van der Waals surface area contributed by atoms with Crippen molar-refractivity contribution in [3.63, 3.8) is 0 Å². The number of rotatable bonds is 4. The number of hydrogen-bond donors (Lipinski definition) is 1. The molecule has 1 aromatic rings. The average Bonchev–Trinajstić information content (AvgIpc) is 2.45. The third-order valence-electron chi connectivity index (χ3n) is 4.40. The third kappa shape index (κ3) is 3.07. The Balaban J connectivity index is 2.18. The van der Waals surface area contributed by atoms with Crippen molar-refractivity contribution in [1.29, 1.82) is 0 Å². The Morgan fingerprint density at radius 3 is 2.84 bits per heavy atom. The minimum Gasteiger partial charge on any atom is -0.481 e. The molecule has 1 aromatic heterocycles. The van der Waals surface area contributed by atoms with Crippen molar-refractivity contribution < 1.29 is 4.74 Å². The van der Waals surface area contributed by atoms with Crippen LogP contribution in [0.4, 0.5) is 0 Å². The number of nitrogens with two attached hydrogens (primary N) is 1. The fourth-order valence-corrected chi connectivity index (χ4v) is 2.98. The first-order valence-electron chi connectivity index (χ1n) is 7.13. The minimum absolute atomic E-state index is 0.260. The standard InChI is InChI=1S/C15H25N3O/c1-11-5-4-8-18(12(11)2)14(9-16)13-6-7-15(19-3)17-10-13/h6-7,10-12,14H,4-5,8-9,16H2,1-3H3. The molecule has 106 valence electrons. The second kappa shape index (κ2) is 6.35. The Morgan fingerprint density at radius 1 is 1.47 bits per heavy atom. The summed E-state index contributed by atoms with van der Waals surface area (Å²) in [7, 11) is 1.64. The molecule has 4 nitrogen and oxygen atoms in total. The maximum atomic E-state index is 6.01. The molecule has 0 aliphatic carbocycles. The normalized spacial score (nSPS) is 26.1. The van der Waals surface area contributed by atoms with E-state index in [2.05, 4.69) is 29.8 Å².